The van der Waals surface area contributed by atoms with Gasteiger partial charge in [-0.2, -0.15) is 11.8 Å². The average Bonchev–Trinajstić information content (AvgIpc) is 2.57. The number of anilines is 2. The first-order chi connectivity index (χ1) is 11.4. The number of methoxy groups -OCH3 is 1. The summed E-state index contributed by atoms with van der Waals surface area (Å²) in [6.07, 6.45) is 0.402. The van der Waals surface area contributed by atoms with Crippen molar-refractivity contribution in [2.24, 2.45) is 0 Å². The normalized spacial score (nSPS) is 18.0. The number of hydrogen-bond acceptors (Lipinski definition) is 6. The Bertz CT molecular complexity index is 673. The molecule has 0 aromatic heterocycles. The lowest BCUT2D eigenvalue weighted by molar-refractivity contribution is -0.116. The molecule has 1 heterocycles. The number of amides is 1. The number of rotatable bonds is 7. The van der Waals surface area contributed by atoms with Crippen LogP contribution in [0.1, 0.15) is 13.3 Å². The molecule has 0 aliphatic carbocycles. The fourth-order valence-corrected chi connectivity index (χ4v) is 3.88. The molecule has 134 valence electrons. The van der Waals surface area contributed by atoms with Gasteiger partial charge in [0.25, 0.3) is 0 Å². The highest BCUT2D eigenvalue weighted by Gasteiger charge is 2.17. The Hall–Kier alpha value is -1.45. The third-order valence-corrected chi connectivity index (χ3v) is 5.98. The SMILES string of the molecule is CCS(=O)(=O)Nc1ccc(NC(=O)CC2CSCCN2)cc1OC. The highest BCUT2D eigenvalue weighted by Crippen LogP contribution is 2.29. The number of carbonyl (C=O) groups is 1. The van der Waals surface area contributed by atoms with E-state index in [0.29, 0.717) is 23.5 Å². The molecule has 9 heteroatoms. The zero-order valence-corrected chi connectivity index (χ0v) is 15.4. The first-order valence-electron chi connectivity index (χ1n) is 7.73. The maximum Gasteiger partial charge on any atom is 0.232 e. The van der Waals surface area contributed by atoms with Crippen LogP contribution in [0.5, 0.6) is 5.75 Å². The van der Waals surface area contributed by atoms with Gasteiger partial charge in [-0.25, -0.2) is 8.42 Å². The van der Waals surface area contributed by atoms with Crippen LogP contribution in [0.4, 0.5) is 11.4 Å². The monoisotopic (exact) mass is 373 g/mol. The zero-order chi connectivity index (χ0) is 17.6. The first kappa shape index (κ1) is 18.9. The topological polar surface area (TPSA) is 96.5 Å². The Labute approximate surface area is 147 Å². The molecule has 1 fully saturated rings. The number of ether oxygens (including phenoxy) is 1. The third-order valence-electron chi connectivity index (χ3n) is 3.56. The van der Waals surface area contributed by atoms with Crippen LogP contribution >= 0.6 is 11.8 Å². The molecule has 0 saturated carbocycles. The minimum absolute atomic E-state index is 0.0267. The van der Waals surface area contributed by atoms with Crippen molar-refractivity contribution in [3.8, 4) is 5.75 Å². The second-order valence-corrected chi connectivity index (χ2v) is 8.56. The fraction of sp³-hybridized carbons (Fsp3) is 0.533. The van der Waals surface area contributed by atoms with Gasteiger partial charge in [-0.15, -0.1) is 0 Å². The largest absolute Gasteiger partial charge is 0.494 e. The number of carbonyl (C=O) groups excluding carboxylic acids is 1. The Morgan fingerprint density at radius 2 is 2.25 bits per heavy atom. The van der Waals surface area contributed by atoms with E-state index in [1.165, 1.54) is 7.11 Å². The molecular formula is C15H23N3O4S2. The van der Waals surface area contributed by atoms with Gasteiger partial charge >= 0.3 is 0 Å². The summed E-state index contributed by atoms with van der Waals surface area (Å²) in [7, 11) is -1.94. The predicted molar refractivity (Wildman–Crippen MR) is 98.4 cm³/mol. The van der Waals surface area contributed by atoms with Crippen molar-refractivity contribution in [2.75, 3.05) is 41.0 Å². The maximum atomic E-state index is 12.1. The molecule has 1 aromatic rings. The van der Waals surface area contributed by atoms with Gasteiger partial charge in [0.05, 0.1) is 18.6 Å². The van der Waals surface area contributed by atoms with E-state index in [1.807, 2.05) is 11.8 Å². The molecule has 3 N–H and O–H groups in total. The molecule has 1 unspecified atom stereocenters. The Morgan fingerprint density at radius 1 is 1.46 bits per heavy atom. The van der Waals surface area contributed by atoms with Crippen molar-refractivity contribution in [1.29, 1.82) is 0 Å². The second kappa shape index (κ2) is 8.59. The van der Waals surface area contributed by atoms with Gasteiger partial charge in [-0.1, -0.05) is 0 Å². The molecule has 24 heavy (non-hydrogen) atoms. The van der Waals surface area contributed by atoms with E-state index in [0.717, 1.165) is 18.1 Å². The molecule has 0 spiro atoms. The van der Waals surface area contributed by atoms with Gasteiger partial charge in [0.2, 0.25) is 15.9 Å². The highest BCUT2D eigenvalue weighted by atomic mass is 32.2. The van der Waals surface area contributed by atoms with Crippen molar-refractivity contribution in [3.63, 3.8) is 0 Å². The van der Waals surface area contributed by atoms with Crippen LogP contribution in [-0.2, 0) is 14.8 Å². The zero-order valence-electron chi connectivity index (χ0n) is 13.8. The molecule has 1 aliphatic rings. The van der Waals surface area contributed by atoms with Crippen molar-refractivity contribution in [2.45, 2.75) is 19.4 Å². The van der Waals surface area contributed by atoms with E-state index in [2.05, 4.69) is 15.4 Å². The summed E-state index contributed by atoms with van der Waals surface area (Å²) in [5.74, 6) is 2.25. The second-order valence-electron chi connectivity index (χ2n) is 5.40. The predicted octanol–water partition coefficient (Wildman–Crippen LogP) is 1.49. The summed E-state index contributed by atoms with van der Waals surface area (Å²) in [4.78, 5) is 12.1. The smallest absolute Gasteiger partial charge is 0.232 e. The molecular weight excluding hydrogens is 350 g/mol. The van der Waals surface area contributed by atoms with Crippen molar-refractivity contribution in [3.05, 3.63) is 18.2 Å². The van der Waals surface area contributed by atoms with Crippen molar-refractivity contribution >= 4 is 39.1 Å². The van der Waals surface area contributed by atoms with Gasteiger partial charge in [0.15, 0.2) is 0 Å². The summed E-state index contributed by atoms with van der Waals surface area (Å²) in [5.41, 5.74) is 0.919. The van der Waals surface area contributed by atoms with Crippen molar-refractivity contribution < 1.29 is 17.9 Å². The molecule has 1 atom stereocenters. The lowest BCUT2D eigenvalue weighted by atomic mass is 10.2. The van der Waals surface area contributed by atoms with Crippen LogP contribution < -0.4 is 20.1 Å². The molecule has 0 bridgehead atoms. The summed E-state index contributed by atoms with van der Waals surface area (Å²) in [6, 6.07) is 5.02. The summed E-state index contributed by atoms with van der Waals surface area (Å²) in [6.45, 7) is 2.48. The number of hydrogen-bond donors (Lipinski definition) is 3. The minimum atomic E-state index is -3.39. The first-order valence-corrected chi connectivity index (χ1v) is 10.5. The summed E-state index contributed by atoms with van der Waals surface area (Å²) in [5, 5.41) is 6.14. The lowest BCUT2D eigenvalue weighted by Gasteiger charge is -2.22. The third kappa shape index (κ3) is 5.57. The molecule has 2 rings (SSSR count). The van der Waals surface area contributed by atoms with Gasteiger partial charge in [0, 0.05) is 42.3 Å². The maximum absolute atomic E-state index is 12.1. The van der Waals surface area contributed by atoms with Gasteiger partial charge in [-0.3, -0.25) is 9.52 Å². The number of benzene rings is 1. The molecule has 1 amide bonds. The number of thioether (sulfide) groups is 1. The van der Waals surface area contributed by atoms with Crippen LogP contribution in [-0.4, -0.2) is 51.3 Å². The molecule has 1 aliphatic heterocycles. The van der Waals surface area contributed by atoms with E-state index in [-0.39, 0.29) is 17.7 Å². The van der Waals surface area contributed by atoms with Crippen molar-refractivity contribution in [1.82, 2.24) is 5.32 Å². The van der Waals surface area contributed by atoms with Crippen LogP contribution in [0.3, 0.4) is 0 Å². The summed E-state index contributed by atoms with van der Waals surface area (Å²) >= 11 is 1.84. The molecule has 1 saturated heterocycles. The number of sulfonamides is 1. The molecule has 7 nitrogen and oxygen atoms in total. The van der Waals surface area contributed by atoms with Crippen LogP contribution in [0, 0.1) is 0 Å². The number of nitrogens with one attached hydrogen (secondary N) is 3. The van der Waals surface area contributed by atoms with Crippen LogP contribution in [0.15, 0.2) is 18.2 Å². The average molecular weight is 374 g/mol. The minimum Gasteiger partial charge on any atom is -0.494 e. The Morgan fingerprint density at radius 3 is 2.88 bits per heavy atom. The van der Waals surface area contributed by atoms with Gasteiger partial charge in [-0.05, 0) is 19.1 Å². The Balaban J connectivity index is 2.01. The highest BCUT2D eigenvalue weighted by molar-refractivity contribution is 7.99. The van der Waals surface area contributed by atoms with E-state index in [1.54, 1.807) is 25.1 Å². The van der Waals surface area contributed by atoms with Crippen LogP contribution in [0.25, 0.3) is 0 Å². The summed E-state index contributed by atoms with van der Waals surface area (Å²) < 4.78 is 31.0. The standard InChI is InChI=1S/C15H23N3O4S2/c1-3-24(20,21)18-13-5-4-11(8-14(13)22-2)17-15(19)9-12-10-23-7-6-16-12/h4-5,8,12,16,18H,3,6-7,9-10H2,1-2H3,(H,17,19). The Kier molecular flexibility index (Phi) is 6.76. The fourth-order valence-electron chi connectivity index (χ4n) is 2.28. The van der Waals surface area contributed by atoms with E-state index >= 15 is 0 Å². The van der Waals surface area contributed by atoms with Crippen LogP contribution in [0.2, 0.25) is 0 Å². The van der Waals surface area contributed by atoms with E-state index in [4.69, 9.17) is 4.74 Å². The van der Waals surface area contributed by atoms with Gasteiger partial charge < -0.3 is 15.4 Å². The van der Waals surface area contributed by atoms with Gasteiger partial charge in [0.1, 0.15) is 5.75 Å². The lowest BCUT2D eigenvalue weighted by Crippen LogP contribution is -2.39. The molecule has 1 aromatic carbocycles. The van der Waals surface area contributed by atoms with E-state index < -0.39 is 10.0 Å². The van der Waals surface area contributed by atoms with E-state index in [9.17, 15) is 13.2 Å². The quantitative estimate of drug-likeness (QED) is 0.670. The molecule has 0 radical (unpaired) electrons.